The quantitative estimate of drug-likeness (QED) is 0.578. The van der Waals surface area contributed by atoms with Crippen LogP contribution in [0.3, 0.4) is 0 Å². The molecule has 0 aliphatic carbocycles. The molecule has 5 nitrogen and oxygen atoms in total. The number of anilines is 1. The number of thioether (sulfide) groups is 1. The van der Waals surface area contributed by atoms with Crippen molar-refractivity contribution in [2.24, 2.45) is 0 Å². The second-order valence-corrected chi connectivity index (χ2v) is 6.51. The van der Waals surface area contributed by atoms with Crippen LogP contribution < -0.4 is 10.1 Å². The van der Waals surface area contributed by atoms with E-state index in [0.29, 0.717) is 5.75 Å². The molecule has 0 aliphatic rings. The van der Waals surface area contributed by atoms with Crippen LogP contribution in [0.5, 0.6) is 5.75 Å². The maximum Gasteiger partial charge on any atom is 0.342 e. The molecular weight excluding hydrogens is 381 g/mol. The highest BCUT2D eigenvalue weighted by Crippen LogP contribution is 2.26. The Morgan fingerprint density at radius 2 is 1.96 bits per heavy atom. The summed E-state index contributed by atoms with van der Waals surface area (Å²) in [5.41, 5.74) is 0.438. The highest BCUT2D eigenvalue weighted by Gasteiger charge is 2.22. The van der Waals surface area contributed by atoms with Gasteiger partial charge in [-0.25, -0.2) is 9.18 Å². The van der Waals surface area contributed by atoms with Gasteiger partial charge in [0.1, 0.15) is 17.1 Å². The topological polar surface area (TPSA) is 64.6 Å². The van der Waals surface area contributed by atoms with Crippen molar-refractivity contribution in [1.29, 1.82) is 0 Å². The zero-order valence-corrected chi connectivity index (χ0v) is 15.9. The Bertz CT molecular complexity index is 831. The van der Waals surface area contributed by atoms with Crippen molar-refractivity contribution < 1.29 is 23.5 Å². The number of esters is 1. The first kappa shape index (κ1) is 20.1. The maximum atomic E-state index is 13.0. The minimum Gasteiger partial charge on any atom is -0.496 e. The summed E-state index contributed by atoms with van der Waals surface area (Å²) in [6, 6.07) is 8.61. The Morgan fingerprint density at radius 1 is 1.23 bits per heavy atom. The molecule has 2 aromatic rings. The van der Waals surface area contributed by atoms with Gasteiger partial charge in [0.05, 0.1) is 17.8 Å². The monoisotopic (exact) mass is 397 g/mol. The molecule has 0 saturated carbocycles. The van der Waals surface area contributed by atoms with E-state index in [9.17, 15) is 14.0 Å². The van der Waals surface area contributed by atoms with Crippen LogP contribution in [-0.2, 0) is 9.53 Å². The number of carbonyl (C=O) groups excluding carboxylic acids is 2. The average Bonchev–Trinajstić information content (AvgIpc) is 2.63. The molecular formula is C18H17ClFNO4S. The molecule has 0 spiro atoms. The predicted octanol–water partition coefficient (Wildman–Crippen LogP) is 4.39. The van der Waals surface area contributed by atoms with Crippen molar-refractivity contribution in [2.75, 3.05) is 18.7 Å². The van der Waals surface area contributed by atoms with Crippen LogP contribution in [0.2, 0.25) is 5.02 Å². The molecule has 0 heterocycles. The molecule has 138 valence electrons. The SMILES string of the molecule is COc1cc(SC)ccc1C(=O)O[C@H](C)C(=O)Nc1ccc(F)cc1Cl. The standard InChI is InChI=1S/C18H17ClFNO4S/c1-10(17(22)21-15-7-4-11(20)8-14(15)19)25-18(23)13-6-5-12(26-3)9-16(13)24-2/h4-10H,1-3H3,(H,21,22)/t10-/m1/s1. The molecule has 0 aromatic heterocycles. The van der Waals surface area contributed by atoms with Gasteiger partial charge in [0.15, 0.2) is 6.10 Å². The van der Waals surface area contributed by atoms with Gasteiger partial charge in [-0.2, -0.15) is 0 Å². The normalized spacial score (nSPS) is 11.6. The highest BCUT2D eigenvalue weighted by molar-refractivity contribution is 7.98. The molecule has 0 fully saturated rings. The summed E-state index contributed by atoms with van der Waals surface area (Å²) in [6.45, 7) is 1.42. The fourth-order valence-corrected chi connectivity index (χ4v) is 2.71. The second kappa shape index (κ2) is 8.91. The number of benzene rings is 2. The molecule has 1 amide bonds. The van der Waals surface area contributed by atoms with Gasteiger partial charge < -0.3 is 14.8 Å². The van der Waals surface area contributed by atoms with Crippen molar-refractivity contribution in [1.82, 2.24) is 0 Å². The number of carbonyl (C=O) groups is 2. The molecule has 1 atom stereocenters. The summed E-state index contributed by atoms with van der Waals surface area (Å²) in [6.07, 6.45) is 0.813. The van der Waals surface area contributed by atoms with Crippen LogP contribution in [0.1, 0.15) is 17.3 Å². The van der Waals surface area contributed by atoms with Gasteiger partial charge in [-0.05, 0) is 49.6 Å². The number of hydrogen-bond donors (Lipinski definition) is 1. The zero-order chi connectivity index (χ0) is 19.3. The minimum absolute atomic E-state index is 0.0474. The van der Waals surface area contributed by atoms with Crippen LogP contribution in [0.15, 0.2) is 41.3 Å². The summed E-state index contributed by atoms with van der Waals surface area (Å²) in [5, 5.41) is 2.54. The van der Waals surface area contributed by atoms with Crippen LogP contribution in [-0.4, -0.2) is 31.3 Å². The van der Waals surface area contributed by atoms with Crippen molar-refractivity contribution in [3.63, 3.8) is 0 Å². The number of amides is 1. The molecule has 0 saturated heterocycles. The predicted molar refractivity (Wildman–Crippen MR) is 99.7 cm³/mol. The number of methoxy groups -OCH3 is 1. The molecule has 0 aliphatic heterocycles. The van der Waals surface area contributed by atoms with E-state index >= 15 is 0 Å². The Hall–Kier alpha value is -2.25. The number of ether oxygens (including phenoxy) is 2. The van der Waals surface area contributed by atoms with Crippen LogP contribution in [0.4, 0.5) is 10.1 Å². The number of hydrogen-bond acceptors (Lipinski definition) is 5. The third-order valence-electron chi connectivity index (χ3n) is 3.47. The molecule has 26 heavy (non-hydrogen) atoms. The van der Waals surface area contributed by atoms with E-state index in [1.165, 1.54) is 31.9 Å². The van der Waals surface area contributed by atoms with Gasteiger partial charge in [0.25, 0.3) is 5.91 Å². The molecule has 8 heteroatoms. The summed E-state index contributed by atoms with van der Waals surface area (Å²) >= 11 is 7.37. The molecule has 1 N–H and O–H groups in total. The van der Waals surface area contributed by atoms with Gasteiger partial charge >= 0.3 is 5.97 Å². The summed E-state index contributed by atoms with van der Waals surface area (Å²) in [5.74, 6) is -1.45. The van der Waals surface area contributed by atoms with Crippen molar-refractivity contribution in [3.8, 4) is 5.75 Å². The summed E-state index contributed by atoms with van der Waals surface area (Å²) < 4.78 is 23.4. The Balaban J connectivity index is 2.07. The fraction of sp³-hybridized carbons (Fsp3) is 0.222. The first-order valence-corrected chi connectivity index (χ1v) is 9.15. The lowest BCUT2D eigenvalue weighted by Gasteiger charge is -2.15. The van der Waals surface area contributed by atoms with Crippen LogP contribution >= 0.6 is 23.4 Å². The van der Waals surface area contributed by atoms with Gasteiger partial charge in [0.2, 0.25) is 0 Å². The van der Waals surface area contributed by atoms with Gasteiger partial charge in [0, 0.05) is 4.90 Å². The lowest BCUT2D eigenvalue weighted by molar-refractivity contribution is -0.123. The molecule has 0 radical (unpaired) electrons. The average molecular weight is 398 g/mol. The van der Waals surface area contributed by atoms with Crippen molar-refractivity contribution in [2.45, 2.75) is 17.9 Å². The van der Waals surface area contributed by atoms with E-state index in [2.05, 4.69) is 5.32 Å². The minimum atomic E-state index is -1.09. The van der Waals surface area contributed by atoms with Crippen molar-refractivity contribution >= 4 is 40.9 Å². The van der Waals surface area contributed by atoms with E-state index in [1.54, 1.807) is 18.2 Å². The fourth-order valence-electron chi connectivity index (χ4n) is 2.07. The van der Waals surface area contributed by atoms with E-state index < -0.39 is 23.8 Å². The van der Waals surface area contributed by atoms with Crippen LogP contribution in [0, 0.1) is 5.82 Å². The summed E-state index contributed by atoms with van der Waals surface area (Å²) in [7, 11) is 1.45. The zero-order valence-electron chi connectivity index (χ0n) is 14.3. The summed E-state index contributed by atoms with van der Waals surface area (Å²) in [4.78, 5) is 25.5. The third-order valence-corrected chi connectivity index (χ3v) is 4.51. The highest BCUT2D eigenvalue weighted by atomic mass is 35.5. The Kier molecular flexibility index (Phi) is 6.88. The van der Waals surface area contributed by atoms with E-state index in [1.807, 2.05) is 6.26 Å². The van der Waals surface area contributed by atoms with E-state index in [4.69, 9.17) is 21.1 Å². The van der Waals surface area contributed by atoms with Crippen molar-refractivity contribution in [3.05, 3.63) is 52.8 Å². The Morgan fingerprint density at radius 3 is 2.58 bits per heavy atom. The molecule has 2 rings (SSSR count). The van der Waals surface area contributed by atoms with Crippen LogP contribution in [0.25, 0.3) is 0 Å². The maximum absolute atomic E-state index is 13.0. The molecule has 2 aromatic carbocycles. The lowest BCUT2D eigenvalue weighted by Crippen LogP contribution is -2.30. The Labute approximate surface area is 159 Å². The van der Waals surface area contributed by atoms with Gasteiger partial charge in [-0.1, -0.05) is 11.6 Å². The number of halogens is 2. The first-order valence-electron chi connectivity index (χ1n) is 7.54. The number of rotatable bonds is 6. The third kappa shape index (κ3) is 4.89. The number of nitrogens with one attached hydrogen (secondary N) is 1. The second-order valence-electron chi connectivity index (χ2n) is 5.23. The van der Waals surface area contributed by atoms with E-state index in [0.717, 1.165) is 17.0 Å². The largest absolute Gasteiger partial charge is 0.496 e. The molecule has 0 unspecified atom stereocenters. The molecule has 0 bridgehead atoms. The first-order chi connectivity index (χ1) is 12.3. The van der Waals surface area contributed by atoms with Gasteiger partial charge in [-0.3, -0.25) is 4.79 Å². The lowest BCUT2D eigenvalue weighted by atomic mass is 10.2. The van der Waals surface area contributed by atoms with E-state index in [-0.39, 0.29) is 16.3 Å². The van der Waals surface area contributed by atoms with Gasteiger partial charge in [-0.15, -0.1) is 11.8 Å². The smallest absolute Gasteiger partial charge is 0.342 e.